The Morgan fingerprint density at radius 2 is 2.00 bits per heavy atom. The van der Waals surface area contributed by atoms with E-state index in [1.807, 2.05) is 24.4 Å². The fraction of sp³-hybridized carbons (Fsp3) is 0.143. The van der Waals surface area contributed by atoms with Crippen molar-refractivity contribution in [2.45, 2.75) is 13.3 Å². The van der Waals surface area contributed by atoms with Gasteiger partial charge < -0.3 is 0 Å². The minimum absolute atomic E-state index is 0.972. The Kier molecular flexibility index (Phi) is 2.61. The maximum Gasteiger partial charge on any atom is 0.126 e. The average Bonchev–Trinajstić information content (AvgIpc) is 2.82. The minimum atomic E-state index is 0.972. The molecule has 1 aromatic carbocycles. The highest BCUT2D eigenvalue weighted by Gasteiger charge is 2.05. The van der Waals surface area contributed by atoms with Gasteiger partial charge in [-0.05, 0) is 30.7 Å². The Bertz CT molecular complexity index is 608. The number of benzene rings is 1. The molecule has 2 heterocycles. The van der Waals surface area contributed by atoms with Gasteiger partial charge in [-0.3, -0.25) is 4.98 Å². The van der Waals surface area contributed by atoms with Crippen LogP contribution < -0.4 is 0 Å². The van der Waals surface area contributed by atoms with Crippen molar-refractivity contribution < 1.29 is 0 Å². The number of thiazole rings is 1. The molecule has 0 fully saturated rings. The first-order valence-corrected chi connectivity index (χ1v) is 6.49. The number of rotatable bonds is 2. The van der Waals surface area contributed by atoms with E-state index in [0.29, 0.717) is 0 Å². The van der Waals surface area contributed by atoms with E-state index in [4.69, 9.17) is 0 Å². The van der Waals surface area contributed by atoms with Crippen LogP contribution in [0.1, 0.15) is 12.6 Å². The van der Waals surface area contributed by atoms with Gasteiger partial charge in [0.25, 0.3) is 0 Å². The van der Waals surface area contributed by atoms with Gasteiger partial charge >= 0.3 is 0 Å². The summed E-state index contributed by atoms with van der Waals surface area (Å²) in [4.78, 5) is 9.03. The van der Waals surface area contributed by atoms with Crippen molar-refractivity contribution in [3.05, 3.63) is 48.3 Å². The van der Waals surface area contributed by atoms with Crippen LogP contribution in [0.2, 0.25) is 0 Å². The molecule has 0 unspecified atom stereocenters. The summed E-state index contributed by atoms with van der Waals surface area (Å²) >= 11 is 1.71. The Morgan fingerprint density at radius 1 is 1.12 bits per heavy atom. The van der Waals surface area contributed by atoms with Crippen LogP contribution in [0, 0.1) is 0 Å². The second kappa shape index (κ2) is 4.26. The fourth-order valence-electron chi connectivity index (χ4n) is 1.76. The molecule has 2 aromatic heterocycles. The zero-order chi connectivity index (χ0) is 11.7. The van der Waals surface area contributed by atoms with Crippen LogP contribution in [0.15, 0.2) is 42.6 Å². The summed E-state index contributed by atoms with van der Waals surface area (Å²) < 4.78 is 1.22. The highest BCUT2D eigenvalue weighted by molar-refractivity contribution is 7.21. The minimum Gasteiger partial charge on any atom is -0.261 e. The number of aromatic nitrogens is 2. The molecule has 0 amide bonds. The molecule has 0 aliphatic heterocycles. The van der Waals surface area contributed by atoms with E-state index >= 15 is 0 Å². The van der Waals surface area contributed by atoms with E-state index in [-0.39, 0.29) is 0 Å². The first-order valence-electron chi connectivity index (χ1n) is 5.67. The molecule has 0 aliphatic carbocycles. The number of hydrogen-bond donors (Lipinski definition) is 0. The predicted molar refractivity (Wildman–Crippen MR) is 72.2 cm³/mol. The largest absolute Gasteiger partial charge is 0.261 e. The lowest BCUT2D eigenvalue weighted by Gasteiger charge is -1.97. The summed E-state index contributed by atoms with van der Waals surface area (Å²) in [6.07, 6.45) is 2.89. The number of para-hydroxylation sites is 1. The van der Waals surface area contributed by atoms with Crippen molar-refractivity contribution in [1.29, 1.82) is 0 Å². The maximum absolute atomic E-state index is 4.62. The highest BCUT2D eigenvalue weighted by atomic mass is 32.1. The smallest absolute Gasteiger partial charge is 0.126 e. The topological polar surface area (TPSA) is 25.8 Å². The standard InChI is InChI=1S/C14H12N2S/c1-2-11-8-7-10(9-15-11)14-16-12-5-3-4-6-13(12)17-14/h3-9H,2H2,1H3. The van der Waals surface area contributed by atoms with Crippen LogP contribution >= 0.6 is 11.3 Å². The number of aryl methyl sites for hydroxylation is 1. The van der Waals surface area contributed by atoms with E-state index < -0.39 is 0 Å². The average molecular weight is 240 g/mol. The van der Waals surface area contributed by atoms with Gasteiger partial charge in [0.1, 0.15) is 5.01 Å². The van der Waals surface area contributed by atoms with Crippen LogP contribution in [-0.4, -0.2) is 9.97 Å². The molecule has 0 radical (unpaired) electrons. The van der Waals surface area contributed by atoms with E-state index in [1.165, 1.54) is 4.70 Å². The molecule has 3 heteroatoms. The molecule has 0 aliphatic rings. The van der Waals surface area contributed by atoms with Crippen molar-refractivity contribution in [3.63, 3.8) is 0 Å². The van der Waals surface area contributed by atoms with Crippen LogP contribution in [-0.2, 0) is 6.42 Å². The third-order valence-electron chi connectivity index (χ3n) is 2.73. The summed E-state index contributed by atoms with van der Waals surface area (Å²) in [5.41, 5.74) is 3.28. The van der Waals surface area contributed by atoms with E-state index in [9.17, 15) is 0 Å². The molecule has 0 bridgehead atoms. The monoisotopic (exact) mass is 240 g/mol. The lowest BCUT2D eigenvalue weighted by molar-refractivity contribution is 1.04. The van der Waals surface area contributed by atoms with Crippen molar-refractivity contribution in [2.75, 3.05) is 0 Å². The van der Waals surface area contributed by atoms with Crippen molar-refractivity contribution >= 4 is 21.6 Å². The molecule has 3 aromatic rings. The number of hydrogen-bond acceptors (Lipinski definition) is 3. The molecule has 0 atom stereocenters. The predicted octanol–water partition coefficient (Wildman–Crippen LogP) is 3.92. The number of fused-ring (bicyclic) bond motifs is 1. The van der Waals surface area contributed by atoms with E-state index in [1.54, 1.807) is 11.3 Å². The summed E-state index contributed by atoms with van der Waals surface area (Å²) in [6.45, 7) is 2.11. The number of nitrogens with zero attached hydrogens (tertiary/aromatic N) is 2. The van der Waals surface area contributed by atoms with Crippen LogP contribution in [0.25, 0.3) is 20.8 Å². The summed E-state index contributed by atoms with van der Waals surface area (Å²) in [7, 11) is 0. The van der Waals surface area contributed by atoms with E-state index in [0.717, 1.165) is 28.2 Å². The fourth-order valence-corrected chi connectivity index (χ4v) is 2.71. The summed E-state index contributed by atoms with van der Waals surface area (Å²) in [5, 5.41) is 1.04. The van der Waals surface area contributed by atoms with Gasteiger partial charge in [-0.25, -0.2) is 4.98 Å². The van der Waals surface area contributed by atoms with Gasteiger partial charge in [-0.15, -0.1) is 11.3 Å². The molecule has 84 valence electrons. The van der Waals surface area contributed by atoms with Crippen molar-refractivity contribution in [2.24, 2.45) is 0 Å². The van der Waals surface area contributed by atoms with Crippen molar-refractivity contribution in [1.82, 2.24) is 9.97 Å². The normalized spacial score (nSPS) is 10.9. The molecule has 0 saturated heterocycles. The first kappa shape index (κ1) is 10.4. The molecule has 0 spiro atoms. The van der Waals surface area contributed by atoms with Crippen molar-refractivity contribution in [3.8, 4) is 10.6 Å². The molecule has 0 saturated carbocycles. The third kappa shape index (κ3) is 1.94. The second-order valence-corrected chi connectivity index (χ2v) is 4.91. The van der Waals surface area contributed by atoms with Gasteiger partial charge in [-0.1, -0.05) is 19.1 Å². The van der Waals surface area contributed by atoms with Gasteiger partial charge in [-0.2, -0.15) is 0 Å². The van der Waals surface area contributed by atoms with Gasteiger partial charge in [0.15, 0.2) is 0 Å². The summed E-state index contributed by atoms with van der Waals surface area (Å²) in [6, 6.07) is 12.4. The molecule has 0 N–H and O–H groups in total. The zero-order valence-corrected chi connectivity index (χ0v) is 10.4. The maximum atomic E-state index is 4.62. The Labute approximate surface area is 104 Å². The first-order chi connectivity index (χ1) is 8.36. The lowest BCUT2D eigenvalue weighted by atomic mass is 10.2. The molecular formula is C14H12N2S. The Hall–Kier alpha value is -1.74. The molecule has 17 heavy (non-hydrogen) atoms. The zero-order valence-electron chi connectivity index (χ0n) is 9.55. The van der Waals surface area contributed by atoms with Gasteiger partial charge in [0.2, 0.25) is 0 Å². The molecule has 2 nitrogen and oxygen atoms in total. The Morgan fingerprint density at radius 3 is 2.71 bits per heavy atom. The number of pyridine rings is 1. The molecule has 3 rings (SSSR count). The SMILES string of the molecule is CCc1ccc(-c2nc3ccccc3s2)cn1. The quantitative estimate of drug-likeness (QED) is 0.678. The summed E-state index contributed by atoms with van der Waals surface area (Å²) in [5.74, 6) is 0. The van der Waals surface area contributed by atoms with Gasteiger partial charge in [0, 0.05) is 17.5 Å². The lowest BCUT2D eigenvalue weighted by Crippen LogP contribution is -1.86. The van der Waals surface area contributed by atoms with Crippen LogP contribution in [0.3, 0.4) is 0 Å². The van der Waals surface area contributed by atoms with Crippen LogP contribution in [0.4, 0.5) is 0 Å². The second-order valence-electron chi connectivity index (χ2n) is 3.88. The molecular weight excluding hydrogens is 228 g/mol. The van der Waals surface area contributed by atoms with Gasteiger partial charge in [0.05, 0.1) is 10.2 Å². The third-order valence-corrected chi connectivity index (χ3v) is 3.81. The van der Waals surface area contributed by atoms with Crippen LogP contribution in [0.5, 0.6) is 0 Å². The van der Waals surface area contributed by atoms with E-state index in [2.05, 4.69) is 35.1 Å². The Balaban J connectivity index is 2.07. The highest BCUT2D eigenvalue weighted by Crippen LogP contribution is 2.29.